The standard InChI is InChI=1S/C20H29N3OS/c1-5-22(6-2)13-14-23(15-16(3)4)20(24)12-11-19-21-17-9-7-8-10-18(17)25-19/h7-12,16H,5-6,13-15H2,1-4H3/b12-11+. The Hall–Kier alpha value is -1.72. The van der Waals surface area contributed by atoms with E-state index in [4.69, 9.17) is 0 Å². The van der Waals surface area contributed by atoms with Gasteiger partial charge in [-0.2, -0.15) is 0 Å². The number of hydrogen-bond donors (Lipinski definition) is 0. The molecule has 0 aliphatic heterocycles. The monoisotopic (exact) mass is 359 g/mol. The van der Waals surface area contributed by atoms with Crippen molar-refractivity contribution in [3.63, 3.8) is 0 Å². The number of fused-ring (bicyclic) bond motifs is 1. The van der Waals surface area contributed by atoms with E-state index in [1.807, 2.05) is 29.2 Å². The van der Waals surface area contributed by atoms with Crippen molar-refractivity contribution in [1.82, 2.24) is 14.8 Å². The molecule has 2 rings (SSSR count). The van der Waals surface area contributed by atoms with Gasteiger partial charge in [0.15, 0.2) is 0 Å². The Morgan fingerprint density at radius 2 is 1.92 bits per heavy atom. The first kappa shape index (κ1) is 19.6. The summed E-state index contributed by atoms with van der Waals surface area (Å²) in [4.78, 5) is 21.5. The Kier molecular flexibility index (Phi) is 7.59. The first-order chi connectivity index (χ1) is 12.0. The van der Waals surface area contributed by atoms with E-state index in [-0.39, 0.29) is 5.91 Å². The first-order valence-corrected chi connectivity index (χ1v) is 9.90. The van der Waals surface area contributed by atoms with E-state index >= 15 is 0 Å². The van der Waals surface area contributed by atoms with Crippen molar-refractivity contribution in [2.45, 2.75) is 27.7 Å². The second-order valence-corrected chi connectivity index (χ2v) is 7.62. The van der Waals surface area contributed by atoms with Crippen LogP contribution in [0.15, 0.2) is 30.3 Å². The summed E-state index contributed by atoms with van der Waals surface area (Å²) in [6.07, 6.45) is 3.51. The zero-order valence-corrected chi connectivity index (χ0v) is 16.6. The average molecular weight is 360 g/mol. The van der Waals surface area contributed by atoms with Crippen LogP contribution in [0.3, 0.4) is 0 Å². The molecule has 0 N–H and O–H groups in total. The number of carbonyl (C=O) groups is 1. The molecule has 1 amide bonds. The number of para-hydroxylation sites is 1. The summed E-state index contributed by atoms with van der Waals surface area (Å²) >= 11 is 1.61. The number of thiazole rings is 1. The molecule has 0 saturated carbocycles. The van der Waals surface area contributed by atoms with Crippen molar-refractivity contribution in [1.29, 1.82) is 0 Å². The minimum atomic E-state index is 0.0695. The molecule has 1 heterocycles. The van der Waals surface area contributed by atoms with E-state index in [1.54, 1.807) is 17.4 Å². The highest BCUT2D eigenvalue weighted by Crippen LogP contribution is 2.22. The average Bonchev–Trinajstić information content (AvgIpc) is 3.02. The van der Waals surface area contributed by atoms with Gasteiger partial charge in [0.2, 0.25) is 5.91 Å². The number of rotatable bonds is 9. The fourth-order valence-corrected chi connectivity index (χ4v) is 3.61. The van der Waals surface area contributed by atoms with Gasteiger partial charge in [0.1, 0.15) is 5.01 Å². The lowest BCUT2D eigenvalue weighted by atomic mass is 10.2. The number of nitrogens with zero attached hydrogens (tertiary/aromatic N) is 3. The van der Waals surface area contributed by atoms with E-state index in [9.17, 15) is 4.79 Å². The summed E-state index contributed by atoms with van der Waals surface area (Å²) in [7, 11) is 0. The lowest BCUT2D eigenvalue weighted by Gasteiger charge is -2.27. The van der Waals surface area contributed by atoms with Gasteiger partial charge in [0.05, 0.1) is 10.2 Å². The van der Waals surface area contributed by atoms with E-state index in [1.165, 1.54) is 0 Å². The Labute approximate surface area is 155 Å². The Morgan fingerprint density at radius 3 is 2.56 bits per heavy atom. The van der Waals surface area contributed by atoms with Gasteiger partial charge in [0, 0.05) is 25.7 Å². The number of benzene rings is 1. The van der Waals surface area contributed by atoms with Crippen molar-refractivity contribution < 1.29 is 4.79 Å². The molecule has 0 aliphatic rings. The summed E-state index contributed by atoms with van der Waals surface area (Å²) < 4.78 is 1.15. The normalized spacial score (nSPS) is 11.9. The molecule has 2 aromatic rings. The topological polar surface area (TPSA) is 36.4 Å². The van der Waals surface area contributed by atoms with E-state index < -0.39 is 0 Å². The number of hydrogen-bond acceptors (Lipinski definition) is 4. The first-order valence-electron chi connectivity index (χ1n) is 9.08. The Morgan fingerprint density at radius 1 is 1.20 bits per heavy atom. The summed E-state index contributed by atoms with van der Waals surface area (Å²) in [6.45, 7) is 13.1. The highest BCUT2D eigenvalue weighted by atomic mass is 32.1. The largest absolute Gasteiger partial charge is 0.338 e. The second kappa shape index (κ2) is 9.68. The minimum absolute atomic E-state index is 0.0695. The van der Waals surface area contributed by atoms with Crippen LogP contribution >= 0.6 is 11.3 Å². The fraction of sp³-hybridized carbons (Fsp3) is 0.500. The van der Waals surface area contributed by atoms with Gasteiger partial charge in [-0.15, -0.1) is 11.3 Å². The van der Waals surface area contributed by atoms with Crippen LogP contribution in [-0.4, -0.2) is 53.4 Å². The fourth-order valence-electron chi connectivity index (χ4n) is 2.74. The molecule has 136 valence electrons. The Bertz CT molecular complexity index is 671. The molecule has 0 unspecified atom stereocenters. The molecule has 0 saturated heterocycles. The zero-order valence-electron chi connectivity index (χ0n) is 15.7. The van der Waals surface area contributed by atoms with Crippen LogP contribution in [0, 0.1) is 5.92 Å². The lowest BCUT2D eigenvalue weighted by molar-refractivity contribution is -0.126. The van der Waals surface area contributed by atoms with Crippen LogP contribution in [-0.2, 0) is 4.79 Å². The Balaban J connectivity index is 2.04. The van der Waals surface area contributed by atoms with Gasteiger partial charge >= 0.3 is 0 Å². The molecule has 0 spiro atoms. The molecule has 5 heteroatoms. The van der Waals surface area contributed by atoms with Gasteiger partial charge in [-0.3, -0.25) is 4.79 Å². The van der Waals surface area contributed by atoms with Crippen molar-refractivity contribution >= 4 is 33.5 Å². The van der Waals surface area contributed by atoms with Crippen molar-refractivity contribution in [3.05, 3.63) is 35.3 Å². The molecule has 25 heavy (non-hydrogen) atoms. The van der Waals surface area contributed by atoms with Crippen molar-refractivity contribution in [3.8, 4) is 0 Å². The number of carbonyl (C=O) groups excluding carboxylic acids is 1. The highest BCUT2D eigenvalue weighted by Gasteiger charge is 2.13. The third-order valence-electron chi connectivity index (χ3n) is 4.16. The smallest absolute Gasteiger partial charge is 0.246 e. The molecule has 0 fully saturated rings. The molecule has 1 aromatic heterocycles. The summed E-state index contributed by atoms with van der Waals surface area (Å²) in [5.41, 5.74) is 0.986. The van der Waals surface area contributed by atoms with Crippen molar-refractivity contribution in [2.24, 2.45) is 5.92 Å². The zero-order chi connectivity index (χ0) is 18.2. The molecular weight excluding hydrogens is 330 g/mol. The third kappa shape index (κ3) is 5.94. The van der Waals surface area contributed by atoms with Gasteiger partial charge in [0.25, 0.3) is 0 Å². The predicted molar refractivity (Wildman–Crippen MR) is 108 cm³/mol. The van der Waals surface area contributed by atoms with E-state index in [0.717, 1.165) is 47.9 Å². The van der Waals surface area contributed by atoms with Crippen molar-refractivity contribution in [2.75, 3.05) is 32.7 Å². The summed E-state index contributed by atoms with van der Waals surface area (Å²) in [6, 6.07) is 8.05. The van der Waals surface area contributed by atoms with Crippen LogP contribution in [0.4, 0.5) is 0 Å². The highest BCUT2D eigenvalue weighted by molar-refractivity contribution is 7.19. The number of aromatic nitrogens is 1. The van der Waals surface area contributed by atoms with Crippen LogP contribution in [0.5, 0.6) is 0 Å². The maximum atomic E-state index is 12.7. The van der Waals surface area contributed by atoms with Crippen LogP contribution in [0.1, 0.15) is 32.7 Å². The molecule has 4 nitrogen and oxygen atoms in total. The number of likely N-dealkylation sites (N-methyl/N-ethyl adjacent to an activating group) is 1. The van der Waals surface area contributed by atoms with Gasteiger partial charge in [-0.05, 0) is 37.2 Å². The van der Waals surface area contributed by atoms with Crippen LogP contribution in [0.2, 0.25) is 0 Å². The van der Waals surface area contributed by atoms with Gasteiger partial charge < -0.3 is 9.80 Å². The molecule has 0 aliphatic carbocycles. The maximum absolute atomic E-state index is 12.7. The molecule has 1 aromatic carbocycles. The van der Waals surface area contributed by atoms with Gasteiger partial charge in [-0.1, -0.05) is 39.8 Å². The molecule has 0 bridgehead atoms. The van der Waals surface area contributed by atoms with Gasteiger partial charge in [-0.25, -0.2) is 4.98 Å². The minimum Gasteiger partial charge on any atom is -0.338 e. The third-order valence-corrected chi connectivity index (χ3v) is 5.16. The summed E-state index contributed by atoms with van der Waals surface area (Å²) in [5, 5.41) is 0.878. The molecule has 0 radical (unpaired) electrons. The SMILES string of the molecule is CCN(CC)CCN(CC(C)C)C(=O)/C=C/c1nc2ccccc2s1. The lowest BCUT2D eigenvalue weighted by Crippen LogP contribution is -2.39. The molecular formula is C20H29N3OS. The van der Waals surface area contributed by atoms with E-state index in [2.05, 4.69) is 43.6 Å². The van der Waals surface area contributed by atoms with Crippen LogP contribution in [0.25, 0.3) is 16.3 Å². The predicted octanol–water partition coefficient (Wildman–Crippen LogP) is 4.14. The summed E-state index contributed by atoms with van der Waals surface area (Å²) in [5.74, 6) is 0.525. The van der Waals surface area contributed by atoms with Crippen LogP contribution < -0.4 is 0 Å². The van der Waals surface area contributed by atoms with E-state index in [0.29, 0.717) is 5.92 Å². The maximum Gasteiger partial charge on any atom is 0.246 e. The molecule has 0 atom stereocenters. The second-order valence-electron chi connectivity index (χ2n) is 6.56. The number of amides is 1. The quantitative estimate of drug-likeness (QED) is 0.632.